The molecule has 0 aromatic heterocycles. The molecule has 1 rings (SSSR count). The van der Waals surface area contributed by atoms with Gasteiger partial charge in [-0.2, -0.15) is 0 Å². The molecule has 1 aromatic rings. The second kappa shape index (κ2) is 4.87. The molecule has 0 amide bonds. The normalized spacial score (nSPS) is 10.8. The van der Waals surface area contributed by atoms with Crippen LogP contribution in [0.25, 0.3) is 0 Å². The van der Waals surface area contributed by atoms with E-state index in [2.05, 4.69) is 21.1 Å². The van der Waals surface area contributed by atoms with Crippen LogP contribution in [0.5, 0.6) is 0 Å². The zero-order valence-corrected chi connectivity index (χ0v) is 8.95. The number of nitrogens with zero attached hydrogens (tertiary/aromatic N) is 1. The molecular formula is C9H16Cl2NSn+. The summed E-state index contributed by atoms with van der Waals surface area (Å²) in [5.41, 5.74) is 1.14. The number of hydrogen-bond acceptors (Lipinski definition) is 0. The summed E-state index contributed by atoms with van der Waals surface area (Å²) in [4.78, 5) is 0. The van der Waals surface area contributed by atoms with Crippen LogP contribution < -0.4 is 4.48 Å². The summed E-state index contributed by atoms with van der Waals surface area (Å²) in [6, 6.07) is 5.70. The molecule has 1 nitrogen and oxygen atoms in total. The van der Waals surface area contributed by atoms with Gasteiger partial charge in [-0.1, -0.05) is 23.2 Å². The SMILES string of the molecule is C[N+](C)(C)c1ccc(Cl)c(Cl)c1.[SnH4]. The van der Waals surface area contributed by atoms with E-state index in [1.807, 2.05) is 18.2 Å². The molecule has 0 fully saturated rings. The van der Waals surface area contributed by atoms with Gasteiger partial charge in [-0.3, -0.25) is 4.48 Å². The van der Waals surface area contributed by atoms with Crippen LogP contribution in [0, 0.1) is 0 Å². The van der Waals surface area contributed by atoms with E-state index in [1.165, 1.54) is 0 Å². The van der Waals surface area contributed by atoms with Crippen LogP contribution in [0.15, 0.2) is 18.2 Å². The summed E-state index contributed by atoms with van der Waals surface area (Å²) in [7, 11) is 6.25. The molecule has 0 aliphatic rings. The Balaban J connectivity index is 0.00000144. The fourth-order valence-corrected chi connectivity index (χ4v) is 1.19. The van der Waals surface area contributed by atoms with Crippen LogP contribution in [-0.4, -0.2) is 45.1 Å². The van der Waals surface area contributed by atoms with Gasteiger partial charge < -0.3 is 0 Å². The molecule has 0 saturated heterocycles. The van der Waals surface area contributed by atoms with Gasteiger partial charge in [-0.05, 0) is 6.07 Å². The van der Waals surface area contributed by atoms with Gasteiger partial charge in [0, 0.05) is 12.1 Å². The molecule has 0 heterocycles. The summed E-state index contributed by atoms with van der Waals surface area (Å²) in [5.74, 6) is 0. The van der Waals surface area contributed by atoms with Crippen molar-refractivity contribution in [3.8, 4) is 0 Å². The van der Waals surface area contributed by atoms with Crippen molar-refractivity contribution < 1.29 is 0 Å². The Hall–Kier alpha value is 0.559. The fraction of sp³-hybridized carbons (Fsp3) is 0.333. The molecule has 0 spiro atoms. The van der Waals surface area contributed by atoms with Crippen LogP contribution >= 0.6 is 23.2 Å². The Kier molecular flexibility index (Phi) is 5.08. The predicted octanol–water partition coefficient (Wildman–Crippen LogP) is 1.74. The maximum absolute atomic E-state index is 5.88. The first-order chi connectivity index (χ1) is 5.41. The van der Waals surface area contributed by atoms with Gasteiger partial charge in [0.15, 0.2) is 0 Å². The minimum atomic E-state index is 0. The van der Waals surface area contributed by atoms with Gasteiger partial charge in [-0.25, -0.2) is 0 Å². The van der Waals surface area contributed by atoms with Crippen molar-refractivity contribution in [2.75, 3.05) is 21.1 Å². The second-order valence-electron chi connectivity index (χ2n) is 3.61. The van der Waals surface area contributed by atoms with E-state index in [9.17, 15) is 0 Å². The molecule has 1 aromatic carbocycles. The Morgan fingerprint density at radius 3 is 1.92 bits per heavy atom. The molecule has 13 heavy (non-hydrogen) atoms. The van der Waals surface area contributed by atoms with Crippen LogP contribution in [0.4, 0.5) is 5.69 Å². The number of halogens is 2. The van der Waals surface area contributed by atoms with E-state index in [0.29, 0.717) is 10.0 Å². The summed E-state index contributed by atoms with van der Waals surface area (Å²) < 4.78 is 0.747. The Labute approximate surface area is 106 Å². The second-order valence-corrected chi connectivity index (χ2v) is 4.43. The average molecular weight is 328 g/mol. The van der Waals surface area contributed by atoms with Gasteiger partial charge in [0.05, 0.1) is 31.2 Å². The van der Waals surface area contributed by atoms with Crippen molar-refractivity contribution in [1.29, 1.82) is 0 Å². The zero-order chi connectivity index (χ0) is 9.35. The molecular weight excluding hydrogens is 312 g/mol. The van der Waals surface area contributed by atoms with E-state index in [1.54, 1.807) is 0 Å². The summed E-state index contributed by atoms with van der Waals surface area (Å²) >= 11 is 11.7. The molecule has 0 unspecified atom stereocenters. The predicted molar refractivity (Wildman–Crippen MR) is 67.4 cm³/mol. The van der Waals surface area contributed by atoms with Crippen LogP contribution in [0.1, 0.15) is 0 Å². The summed E-state index contributed by atoms with van der Waals surface area (Å²) in [5, 5.41) is 1.22. The van der Waals surface area contributed by atoms with Crippen molar-refractivity contribution >= 4 is 52.8 Å². The molecule has 0 radical (unpaired) electrons. The molecule has 0 aliphatic heterocycles. The third-order valence-electron chi connectivity index (χ3n) is 1.68. The van der Waals surface area contributed by atoms with E-state index in [0.717, 1.165) is 10.2 Å². The number of quaternary nitrogens is 1. The first kappa shape index (κ1) is 13.6. The Bertz CT molecular complexity index is 294. The van der Waals surface area contributed by atoms with Crippen molar-refractivity contribution in [2.24, 2.45) is 0 Å². The van der Waals surface area contributed by atoms with Gasteiger partial charge in [0.1, 0.15) is 5.69 Å². The van der Waals surface area contributed by atoms with Crippen molar-refractivity contribution in [1.82, 2.24) is 4.48 Å². The molecule has 0 saturated carbocycles. The van der Waals surface area contributed by atoms with Gasteiger partial charge in [0.2, 0.25) is 0 Å². The Morgan fingerprint density at radius 1 is 1.00 bits per heavy atom. The third kappa shape index (κ3) is 3.66. The number of hydrogen-bond donors (Lipinski definition) is 0. The monoisotopic (exact) mass is 328 g/mol. The van der Waals surface area contributed by atoms with E-state index >= 15 is 0 Å². The Morgan fingerprint density at radius 2 is 1.54 bits per heavy atom. The molecule has 0 bridgehead atoms. The van der Waals surface area contributed by atoms with E-state index < -0.39 is 0 Å². The van der Waals surface area contributed by atoms with Crippen LogP contribution in [0.2, 0.25) is 10.0 Å². The van der Waals surface area contributed by atoms with Crippen molar-refractivity contribution in [2.45, 2.75) is 0 Å². The minimum absolute atomic E-state index is 0. The van der Waals surface area contributed by atoms with Crippen molar-refractivity contribution in [3.63, 3.8) is 0 Å². The molecule has 0 N–H and O–H groups in total. The maximum atomic E-state index is 5.88. The van der Waals surface area contributed by atoms with E-state index in [-0.39, 0.29) is 23.9 Å². The van der Waals surface area contributed by atoms with Crippen LogP contribution in [-0.2, 0) is 0 Å². The molecule has 0 aliphatic carbocycles. The quantitative estimate of drug-likeness (QED) is 0.544. The molecule has 74 valence electrons. The van der Waals surface area contributed by atoms with Gasteiger partial charge in [-0.15, -0.1) is 0 Å². The topological polar surface area (TPSA) is 0 Å². The van der Waals surface area contributed by atoms with Crippen molar-refractivity contribution in [3.05, 3.63) is 28.2 Å². The standard InChI is InChI=1S/C9H12Cl2N.Sn.4H/c1-12(2,3)7-4-5-8(10)9(11)6-7;;;;;/h4-6H,1-3H3;;;;;/q+1;;;;;. The van der Waals surface area contributed by atoms with Crippen LogP contribution in [0.3, 0.4) is 0 Å². The van der Waals surface area contributed by atoms with Gasteiger partial charge >= 0.3 is 23.9 Å². The fourth-order valence-electron chi connectivity index (χ4n) is 0.902. The average Bonchev–Trinajstić information content (AvgIpc) is 1.92. The number of benzene rings is 1. The third-order valence-corrected chi connectivity index (χ3v) is 2.42. The van der Waals surface area contributed by atoms with E-state index in [4.69, 9.17) is 23.2 Å². The first-order valence-corrected chi connectivity index (χ1v) is 4.44. The summed E-state index contributed by atoms with van der Waals surface area (Å²) in [6.07, 6.45) is 0. The molecule has 4 heteroatoms. The first-order valence-electron chi connectivity index (χ1n) is 3.68. The summed E-state index contributed by atoms with van der Waals surface area (Å²) in [6.45, 7) is 0. The zero-order valence-electron chi connectivity index (χ0n) is 7.44. The number of rotatable bonds is 1. The molecule has 0 atom stereocenters. The van der Waals surface area contributed by atoms with Gasteiger partial charge in [0.25, 0.3) is 0 Å².